The van der Waals surface area contributed by atoms with Gasteiger partial charge in [-0.15, -0.1) is 5.10 Å². The number of aromatic nitrogens is 4. The van der Waals surface area contributed by atoms with Crippen LogP contribution in [0.4, 0.5) is 5.69 Å². The maximum atomic E-state index is 12.3. The Labute approximate surface area is 129 Å². The minimum absolute atomic E-state index is 0.152. The first-order valence-electron chi connectivity index (χ1n) is 7.57. The van der Waals surface area contributed by atoms with Crippen LogP contribution >= 0.6 is 0 Å². The summed E-state index contributed by atoms with van der Waals surface area (Å²) in [7, 11) is 0. The Bertz CT molecular complexity index is 627. The lowest BCUT2D eigenvalue weighted by atomic mass is 10.0. The predicted octanol–water partition coefficient (Wildman–Crippen LogP) is 1.33. The maximum Gasteiger partial charge on any atom is 0.241 e. The number of hydrogen-bond acceptors (Lipinski definition) is 5. The summed E-state index contributed by atoms with van der Waals surface area (Å²) in [5.74, 6) is 0.750. The molecule has 0 aliphatic carbocycles. The van der Waals surface area contributed by atoms with Crippen LogP contribution in [0.2, 0.25) is 0 Å². The van der Waals surface area contributed by atoms with Gasteiger partial charge in [-0.05, 0) is 47.4 Å². The summed E-state index contributed by atoms with van der Waals surface area (Å²) in [4.78, 5) is 14.2. The first kappa shape index (κ1) is 14.5. The second kappa shape index (κ2) is 6.55. The molecule has 3 rings (SSSR count). The molecule has 7 heteroatoms. The van der Waals surface area contributed by atoms with Crippen LogP contribution < -0.4 is 5.32 Å². The number of benzene rings is 1. The molecule has 1 saturated heterocycles. The van der Waals surface area contributed by atoms with Gasteiger partial charge in [0.2, 0.25) is 5.91 Å². The van der Waals surface area contributed by atoms with E-state index in [2.05, 4.69) is 27.8 Å². The molecule has 1 aliphatic rings. The van der Waals surface area contributed by atoms with Crippen molar-refractivity contribution in [2.24, 2.45) is 5.92 Å². The third-order valence-corrected chi connectivity index (χ3v) is 3.91. The number of nitrogens with one attached hydrogen (secondary N) is 1. The molecular weight excluding hydrogens is 280 g/mol. The largest absolute Gasteiger partial charge is 0.376 e. The first-order chi connectivity index (χ1) is 10.7. The van der Waals surface area contributed by atoms with Crippen molar-refractivity contribution in [1.29, 1.82) is 0 Å². The van der Waals surface area contributed by atoms with Gasteiger partial charge in [0.1, 0.15) is 6.33 Å². The molecule has 1 fully saturated rings. The molecule has 1 aliphatic heterocycles. The molecule has 2 heterocycles. The highest BCUT2D eigenvalue weighted by atomic mass is 16.2. The summed E-state index contributed by atoms with van der Waals surface area (Å²) in [6.45, 7) is 4.25. The van der Waals surface area contributed by atoms with Gasteiger partial charge in [-0.25, -0.2) is 4.68 Å². The Hall–Kier alpha value is -2.44. The highest BCUT2D eigenvalue weighted by Gasteiger charge is 2.20. The van der Waals surface area contributed by atoms with E-state index in [4.69, 9.17) is 0 Å². The van der Waals surface area contributed by atoms with Crippen molar-refractivity contribution in [2.45, 2.75) is 19.8 Å². The summed E-state index contributed by atoms with van der Waals surface area (Å²) in [5, 5.41) is 14.3. The van der Waals surface area contributed by atoms with Gasteiger partial charge in [0.25, 0.3) is 0 Å². The lowest BCUT2D eigenvalue weighted by Crippen LogP contribution is -2.41. The first-order valence-corrected chi connectivity index (χ1v) is 7.57. The highest BCUT2D eigenvalue weighted by molar-refractivity contribution is 5.81. The molecule has 0 saturated carbocycles. The number of carbonyl (C=O) groups is 1. The van der Waals surface area contributed by atoms with Crippen LogP contribution in [0.15, 0.2) is 30.6 Å². The zero-order valence-electron chi connectivity index (χ0n) is 12.6. The monoisotopic (exact) mass is 300 g/mol. The Morgan fingerprint density at radius 2 is 2.36 bits per heavy atom. The number of piperidine rings is 1. The van der Waals surface area contributed by atoms with Crippen molar-refractivity contribution >= 4 is 11.6 Å². The quantitative estimate of drug-likeness (QED) is 0.922. The molecule has 1 aromatic heterocycles. The molecule has 1 aromatic carbocycles. The molecule has 22 heavy (non-hydrogen) atoms. The molecular formula is C15H20N6O. The zero-order valence-corrected chi connectivity index (χ0v) is 12.6. The number of carbonyl (C=O) groups excluding carboxylic acids is 1. The fourth-order valence-electron chi connectivity index (χ4n) is 2.74. The van der Waals surface area contributed by atoms with Crippen molar-refractivity contribution in [1.82, 2.24) is 25.1 Å². The topological polar surface area (TPSA) is 75.9 Å². The van der Waals surface area contributed by atoms with E-state index in [0.29, 0.717) is 12.5 Å². The van der Waals surface area contributed by atoms with Crippen molar-refractivity contribution in [3.63, 3.8) is 0 Å². The van der Waals surface area contributed by atoms with Crippen LogP contribution in [0.25, 0.3) is 5.69 Å². The fourth-order valence-corrected chi connectivity index (χ4v) is 2.74. The number of tetrazole rings is 1. The average Bonchev–Trinajstić information content (AvgIpc) is 3.07. The standard InChI is InChI=1S/C15H20N6O/c1-12-4-3-7-20(10-12)15(22)9-16-13-5-2-6-14(8-13)21-11-17-18-19-21/h2,5-6,8,11-12,16H,3-4,7,9-10H2,1H3/t12-/m1/s1. The number of nitrogens with zero attached hydrogens (tertiary/aromatic N) is 5. The normalized spacial score (nSPS) is 18.2. The van der Waals surface area contributed by atoms with E-state index in [9.17, 15) is 4.79 Å². The smallest absolute Gasteiger partial charge is 0.241 e. The zero-order chi connectivity index (χ0) is 15.4. The second-order valence-electron chi connectivity index (χ2n) is 5.75. The summed E-state index contributed by atoms with van der Waals surface area (Å²) >= 11 is 0. The predicted molar refractivity (Wildman–Crippen MR) is 82.6 cm³/mol. The Kier molecular flexibility index (Phi) is 4.32. The maximum absolute atomic E-state index is 12.3. The van der Waals surface area contributed by atoms with Crippen molar-refractivity contribution in [2.75, 3.05) is 25.0 Å². The number of amides is 1. The molecule has 116 valence electrons. The van der Waals surface area contributed by atoms with Gasteiger partial charge in [-0.2, -0.15) is 0 Å². The van der Waals surface area contributed by atoms with Crippen LogP contribution in [-0.4, -0.2) is 50.6 Å². The van der Waals surface area contributed by atoms with Crippen LogP contribution in [0, 0.1) is 5.92 Å². The van der Waals surface area contributed by atoms with Gasteiger partial charge in [0.05, 0.1) is 12.2 Å². The van der Waals surface area contributed by atoms with E-state index >= 15 is 0 Å². The van der Waals surface area contributed by atoms with E-state index in [1.165, 1.54) is 6.42 Å². The van der Waals surface area contributed by atoms with Gasteiger partial charge >= 0.3 is 0 Å². The second-order valence-corrected chi connectivity index (χ2v) is 5.75. The molecule has 7 nitrogen and oxygen atoms in total. The number of hydrogen-bond donors (Lipinski definition) is 1. The van der Waals surface area contributed by atoms with E-state index in [1.807, 2.05) is 29.2 Å². The fraction of sp³-hybridized carbons (Fsp3) is 0.467. The summed E-state index contributed by atoms with van der Waals surface area (Å²) in [6.07, 6.45) is 3.85. The van der Waals surface area contributed by atoms with Crippen molar-refractivity contribution < 1.29 is 4.79 Å². The molecule has 0 spiro atoms. The van der Waals surface area contributed by atoms with Gasteiger partial charge < -0.3 is 10.2 Å². The van der Waals surface area contributed by atoms with E-state index in [0.717, 1.165) is 30.9 Å². The van der Waals surface area contributed by atoms with Crippen LogP contribution in [-0.2, 0) is 4.79 Å². The van der Waals surface area contributed by atoms with Gasteiger partial charge in [-0.1, -0.05) is 13.0 Å². The lowest BCUT2D eigenvalue weighted by Gasteiger charge is -2.31. The lowest BCUT2D eigenvalue weighted by molar-refractivity contribution is -0.130. The highest BCUT2D eigenvalue weighted by Crippen LogP contribution is 2.16. The Balaban J connectivity index is 1.59. The average molecular weight is 300 g/mol. The van der Waals surface area contributed by atoms with E-state index in [1.54, 1.807) is 11.0 Å². The third kappa shape index (κ3) is 3.41. The molecule has 0 bridgehead atoms. The summed E-state index contributed by atoms with van der Waals surface area (Å²) < 4.78 is 1.58. The van der Waals surface area contributed by atoms with Crippen LogP contribution in [0.3, 0.4) is 0 Å². The SMILES string of the molecule is C[C@@H]1CCCN(C(=O)CNc2cccc(-n3cnnn3)c2)C1. The molecule has 0 radical (unpaired) electrons. The van der Waals surface area contributed by atoms with Crippen LogP contribution in [0.1, 0.15) is 19.8 Å². The summed E-state index contributed by atoms with van der Waals surface area (Å²) in [5.41, 5.74) is 1.74. The van der Waals surface area contributed by atoms with Crippen molar-refractivity contribution in [3.8, 4) is 5.69 Å². The van der Waals surface area contributed by atoms with Gasteiger partial charge in [-0.3, -0.25) is 4.79 Å². The summed E-state index contributed by atoms with van der Waals surface area (Å²) in [6, 6.07) is 7.67. The number of anilines is 1. The third-order valence-electron chi connectivity index (χ3n) is 3.91. The molecule has 2 aromatic rings. The minimum Gasteiger partial charge on any atom is -0.376 e. The molecule has 1 atom stereocenters. The minimum atomic E-state index is 0.152. The molecule has 1 amide bonds. The molecule has 0 unspecified atom stereocenters. The van der Waals surface area contributed by atoms with E-state index < -0.39 is 0 Å². The van der Waals surface area contributed by atoms with Gasteiger partial charge in [0.15, 0.2) is 0 Å². The molecule has 1 N–H and O–H groups in total. The van der Waals surface area contributed by atoms with Crippen molar-refractivity contribution in [3.05, 3.63) is 30.6 Å². The van der Waals surface area contributed by atoms with E-state index in [-0.39, 0.29) is 5.91 Å². The Morgan fingerprint density at radius 1 is 1.45 bits per heavy atom. The van der Waals surface area contributed by atoms with Crippen LogP contribution in [0.5, 0.6) is 0 Å². The Morgan fingerprint density at radius 3 is 3.14 bits per heavy atom. The number of rotatable bonds is 4. The number of likely N-dealkylation sites (tertiary alicyclic amines) is 1. The van der Waals surface area contributed by atoms with Gasteiger partial charge in [0, 0.05) is 18.8 Å².